The molecule has 0 N–H and O–H groups in total. The lowest BCUT2D eigenvalue weighted by Gasteiger charge is -2.00. The smallest absolute Gasteiger partial charge is 0.169 e. The minimum absolute atomic E-state index is 0. The zero-order chi connectivity index (χ0) is 14.2. The molecule has 0 saturated carbocycles. The van der Waals surface area contributed by atoms with Crippen LogP contribution in [0.4, 0.5) is 0 Å². The molecule has 0 unspecified atom stereocenters. The Morgan fingerprint density at radius 3 is 1.27 bits per heavy atom. The van der Waals surface area contributed by atoms with Gasteiger partial charge in [0.25, 0.3) is 0 Å². The van der Waals surface area contributed by atoms with Crippen molar-refractivity contribution in [2.45, 2.75) is 25.9 Å². The van der Waals surface area contributed by atoms with Gasteiger partial charge in [-0.15, -0.1) is 0 Å². The van der Waals surface area contributed by atoms with Gasteiger partial charge >= 0.3 is 0 Å². The number of hydrogen-bond acceptors (Lipinski definition) is 2. The summed E-state index contributed by atoms with van der Waals surface area (Å²) < 4.78 is 4.01. The summed E-state index contributed by atoms with van der Waals surface area (Å²) >= 11 is 0. The molecular weight excluding hydrogens is 408 g/mol. The summed E-state index contributed by atoms with van der Waals surface area (Å²) in [5, 5.41) is 17.1. The summed E-state index contributed by atoms with van der Waals surface area (Å²) in [6.45, 7) is 1.44. The van der Waals surface area contributed by atoms with E-state index in [0.29, 0.717) is 12.8 Å². The molecule has 2 aromatic rings. The number of hydrogen-bond donors (Lipinski definition) is 0. The Morgan fingerprint density at radius 1 is 0.682 bits per heavy atom. The first-order chi connectivity index (χ1) is 9.83. The molecule has 0 bridgehead atoms. The van der Waals surface area contributed by atoms with E-state index in [-0.39, 0.29) is 34.0 Å². The van der Waals surface area contributed by atoms with Gasteiger partial charge in [0.1, 0.15) is 0 Å². The highest BCUT2D eigenvalue weighted by Gasteiger charge is 2.05. The van der Waals surface area contributed by atoms with Crippen LogP contribution in [0.2, 0.25) is 0 Å². The van der Waals surface area contributed by atoms with Crippen LogP contribution in [0.15, 0.2) is 49.1 Å². The van der Waals surface area contributed by atoms with E-state index in [1.807, 2.05) is 58.2 Å². The predicted molar refractivity (Wildman–Crippen MR) is 72.7 cm³/mol. The highest BCUT2D eigenvalue weighted by molar-refractivity contribution is 5.60. The molecule has 0 atom stereocenters. The van der Waals surface area contributed by atoms with Crippen LogP contribution in [0.3, 0.4) is 0 Å². The van der Waals surface area contributed by atoms with Gasteiger partial charge in [-0.1, -0.05) is 0 Å². The fraction of sp³-hybridized carbons (Fsp3) is 0.250. The van der Waals surface area contributed by atoms with E-state index >= 15 is 0 Å². The molecule has 2 rings (SSSR count). The van der Waals surface area contributed by atoms with Crippen LogP contribution < -0.4 is 43.1 Å². The zero-order valence-electron chi connectivity index (χ0n) is 12.0. The van der Waals surface area contributed by atoms with Crippen molar-refractivity contribution in [1.29, 1.82) is 10.5 Å². The summed E-state index contributed by atoms with van der Waals surface area (Å²) in [4.78, 5) is 0. The van der Waals surface area contributed by atoms with Crippen molar-refractivity contribution >= 4 is 0 Å². The Bertz CT molecular complexity index is 580. The number of nitriles is 2. The first-order valence-electron chi connectivity index (χ1n) is 6.56. The van der Waals surface area contributed by atoms with Crippen molar-refractivity contribution in [2.75, 3.05) is 0 Å². The molecule has 0 saturated heterocycles. The van der Waals surface area contributed by atoms with Gasteiger partial charge < -0.3 is 34.0 Å². The maximum atomic E-state index is 8.56. The van der Waals surface area contributed by atoms with Crippen LogP contribution in [0.1, 0.15) is 12.8 Å². The highest BCUT2D eigenvalue weighted by Crippen LogP contribution is 2.15. The average Bonchev–Trinajstić information content (AvgIpc) is 2.52. The normalized spacial score (nSPS) is 8.82. The fourth-order valence-electron chi connectivity index (χ4n) is 1.96. The third kappa shape index (κ3) is 5.93. The third-order valence-corrected chi connectivity index (χ3v) is 3.08. The Balaban J connectivity index is 0.00000220. The SMILES string of the molecule is N#CCC[n+]1ccc(-c2cc[n+](CCC#N)cc2)cc1.[Br-].[Br-]. The molecule has 2 heterocycles. The van der Waals surface area contributed by atoms with Gasteiger partial charge in [-0.2, -0.15) is 10.5 Å². The van der Waals surface area contributed by atoms with Crippen molar-refractivity contribution in [1.82, 2.24) is 0 Å². The van der Waals surface area contributed by atoms with E-state index in [1.54, 1.807) is 0 Å². The number of aryl methyl sites for hydroxylation is 2. The second-order valence-corrected chi connectivity index (χ2v) is 4.47. The van der Waals surface area contributed by atoms with E-state index in [0.717, 1.165) is 24.2 Å². The molecule has 114 valence electrons. The molecule has 0 amide bonds. The van der Waals surface area contributed by atoms with E-state index in [1.165, 1.54) is 0 Å². The van der Waals surface area contributed by atoms with Crippen molar-refractivity contribution in [3.63, 3.8) is 0 Å². The molecule has 0 aliphatic carbocycles. The van der Waals surface area contributed by atoms with Crippen molar-refractivity contribution in [3.05, 3.63) is 49.1 Å². The van der Waals surface area contributed by atoms with Gasteiger partial charge in [-0.05, 0) is 11.1 Å². The predicted octanol–water partition coefficient (Wildman–Crippen LogP) is -4.24. The summed E-state index contributed by atoms with van der Waals surface area (Å²) in [5.41, 5.74) is 2.29. The molecule has 6 heteroatoms. The molecule has 0 aromatic carbocycles. The molecule has 0 spiro atoms. The Hall–Kier alpha value is -1.76. The maximum Gasteiger partial charge on any atom is 0.169 e. The minimum atomic E-state index is 0. The van der Waals surface area contributed by atoms with Crippen LogP contribution in [0.5, 0.6) is 0 Å². The van der Waals surface area contributed by atoms with Gasteiger partial charge in [0, 0.05) is 24.3 Å². The summed E-state index contributed by atoms with van der Waals surface area (Å²) in [6.07, 6.45) is 9.00. The Morgan fingerprint density at radius 2 is 1.00 bits per heavy atom. The van der Waals surface area contributed by atoms with Crippen LogP contribution in [-0.2, 0) is 13.1 Å². The fourth-order valence-corrected chi connectivity index (χ4v) is 1.96. The molecule has 0 aliphatic rings. The Kier molecular flexibility index (Phi) is 10.0. The van der Waals surface area contributed by atoms with E-state index in [2.05, 4.69) is 12.1 Å². The standard InChI is InChI=1S/C16H16N4.2BrH/c17-7-1-9-19-11-3-15(4-12-19)16-5-13-20(14-6-16)10-2-8-18;;/h3-6,11-14H,1-2,9-10H2;2*1H/q+2;;/p-2. The van der Waals surface area contributed by atoms with E-state index in [4.69, 9.17) is 10.5 Å². The van der Waals surface area contributed by atoms with Gasteiger partial charge in [0.2, 0.25) is 0 Å². The number of nitrogens with zero attached hydrogens (tertiary/aromatic N) is 4. The zero-order valence-corrected chi connectivity index (χ0v) is 15.2. The summed E-state index contributed by atoms with van der Waals surface area (Å²) in [6, 6.07) is 12.5. The van der Waals surface area contributed by atoms with Gasteiger partial charge in [-0.25, -0.2) is 9.13 Å². The number of pyridine rings is 2. The van der Waals surface area contributed by atoms with Gasteiger partial charge in [0.15, 0.2) is 37.9 Å². The first-order valence-corrected chi connectivity index (χ1v) is 6.56. The maximum absolute atomic E-state index is 8.56. The highest BCUT2D eigenvalue weighted by atomic mass is 79.9. The van der Waals surface area contributed by atoms with E-state index in [9.17, 15) is 0 Å². The van der Waals surface area contributed by atoms with Crippen LogP contribution in [0.25, 0.3) is 11.1 Å². The molecule has 2 aromatic heterocycles. The second kappa shape index (κ2) is 10.9. The third-order valence-electron chi connectivity index (χ3n) is 3.08. The van der Waals surface area contributed by atoms with Crippen LogP contribution in [0, 0.1) is 22.7 Å². The topological polar surface area (TPSA) is 55.3 Å². The lowest BCUT2D eigenvalue weighted by atomic mass is 10.1. The van der Waals surface area contributed by atoms with Crippen LogP contribution in [-0.4, -0.2) is 0 Å². The molecule has 0 radical (unpaired) electrons. The lowest BCUT2D eigenvalue weighted by Crippen LogP contribution is -3.00. The molecule has 22 heavy (non-hydrogen) atoms. The quantitative estimate of drug-likeness (QED) is 0.457. The second-order valence-electron chi connectivity index (χ2n) is 4.47. The molecule has 0 fully saturated rings. The molecule has 4 nitrogen and oxygen atoms in total. The lowest BCUT2D eigenvalue weighted by molar-refractivity contribution is -0.696. The minimum Gasteiger partial charge on any atom is -1.00 e. The van der Waals surface area contributed by atoms with Crippen molar-refractivity contribution in [2.24, 2.45) is 0 Å². The number of aromatic nitrogens is 2. The first kappa shape index (κ1) is 20.2. The monoisotopic (exact) mass is 422 g/mol. The van der Waals surface area contributed by atoms with Crippen LogP contribution >= 0.6 is 0 Å². The van der Waals surface area contributed by atoms with Gasteiger partial charge in [-0.3, -0.25) is 0 Å². The van der Waals surface area contributed by atoms with Crippen molar-refractivity contribution in [3.8, 4) is 23.3 Å². The molecule has 0 aliphatic heterocycles. The summed E-state index contributed by atoms with van der Waals surface area (Å²) in [5.74, 6) is 0. The Labute approximate surface area is 151 Å². The molecular formula is C16H16Br2N4. The average molecular weight is 424 g/mol. The summed E-state index contributed by atoms with van der Waals surface area (Å²) in [7, 11) is 0. The van der Waals surface area contributed by atoms with Crippen molar-refractivity contribution < 1.29 is 43.1 Å². The number of rotatable bonds is 5. The van der Waals surface area contributed by atoms with Gasteiger partial charge in [0.05, 0.1) is 25.0 Å². The largest absolute Gasteiger partial charge is 1.00 e. The van der Waals surface area contributed by atoms with E-state index < -0.39 is 0 Å². The number of halogens is 2.